The average Bonchev–Trinajstić information content (AvgIpc) is 2.79. The highest BCUT2D eigenvalue weighted by atomic mass is 16.3. The molecule has 90 valence electrons. The molecule has 2 heterocycles. The fourth-order valence-corrected chi connectivity index (χ4v) is 1.86. The Morgan fingerprint density at radius 2 is 2.18 bits per heavy atom. The lowest BCUT2D eigenvalue weighted by Crippen LogP contribution is -2.11. The molecule has 0 spiro atoms. The van der Waals surface area contributed by atoms with E-state index >= 15 is 0 Å². The van der Waals surface area contributed by atoms with Crippen molar-refractivity contribution in [3.63, 3.8) is 0 Å². The van der Waals surface area contributed by atoms with Gasteiger partial charge in [-0.25, -0.2) is 4.98 Å². The summed E-state index contributed by atoms with van der Waals surface area (Å²) in [5, 5.41) is 10.1. The van der Waals surface area contributed by atoms with E-state index in [2.05, 4.69) is 16.9 Å². The molecular weight excluding hydrogens is 214 g/mol. The number of hydrogen-bond donors (Lipinski definition) is 1. The molecule has 2 rings (SSSR count). The van der Waals surface area contributed by atoms with Gasteiger partial charge in [0.05, 0.1) is 0 Å². The average molecular weight is 231 g/mol. The van der Waals surface area contributed by atoms with Gasteiger partial charge < -0.3 is 9.67 Å². The van der Waals surface area contributed by atoms with Gasteiger partial charge >= 0.3 is 0 Å². The Bertz CT molecular complexity index is 453. The predicted octanol–water partition coefficient (Wildman–Crippen LogP) is 1.96. The van der Waals surface area contributed by atoms with Crippen LogP contribution in [0.3, 0.4) is 0 Å². The van der Waals surface area contributed by atoms with Crippen molar-refractivity contribution in [2.45, 2.75) is 32.4 Å². The molecule has 0 saturated carbocycles. The van der Waals surface area contributed by atoms with Crippen molar-refractivity contribution in [2.75, 3.05) is 0 Å². The van der Waals surface area contributed by atoms with Gasteiger partial charge in [-0.05, 0) is 18.6 Å². The van der Waals surface area contributed by atoms with Crippen LogP contribution >= 0.6 is 0 Å². The molecule has 4 nitrogen and oxygen atoms in total. The third-order valence-corrected chi connectivity index (χ3v) is 2.64. The molecule has 0 aromatic carbocycles. The normalized spacial score (nSPS) is 12.6. The van der Waals surface area contributed by atoms with Gasteiger partial charge in [-0.3, -0.25) is 4.98 Å². The fraction of sp³-hybridized carbons (Fsp3) is 0.385. The molecule has 4 heteroatoms. The van der Waals surface area contributed by atoms with Crippen molar-refractivity contribution in [1.29, 1.82) is 0 Å². The maximum Gasteiger partial charge on any atom is 0.138 e. The second-order valence-corrected chi connectivity index (χ2v) is 4.02. The van der Waals surface area contributed by atoms with Gasteiger partial charge in [-0.15, -0.1) is 0 Å². The third-order valence-electron chi connectivity index (χ3n) is 2.64. The first kappa shape index (κ1) is 11.8. The zero-order valence-electron chi connectivity index (χ0n) is 9.95. The van der Waals surface area contributed by atoms with Gasteiger partial charge in [-0.1, -0.05) is 13.0 Å². The van der Waals surface area contributed by atoms with Crippen molar-refractivity contribution in [3.05, 3.63) is 48.3 Å². The molecule has 0 fully saturated rings. The smallest absolute Gasteiger partial charge is 0.138 e. The highest BCUT2D eigenvalue weighted by Gasteiger charge is 2.14. The summed E-state index contributed by atoms with van der Waals surface area (Å²) in [6.07, 6.45) is 6.31. The summed E-state index contributed by atoms with van der Waals surface area (Å²) < 4.78 is 1.99. The Kier molecular flexibility index (Phi) is 3.88. The van der Waals surface area contributed by atoms with Crippen LogP contribution in [0, 0.1) is 0 Å². The minimum atomic E-state index is -0.591. The van der Waals surface area contributed by atoms with Gasteiger partial charge in [0.2, 0.25) is 0 Å². The standard InChI is InChI=1S/C13H17N3O/c1-2-8-16-9-7-15-13(16)12(17)10-11-5-3-4-6-14-11/h3-7,9,12,17H,2,8,10H2,1H3. The van der Waals surface area contributed by atoms with Crippen LogP contribution < -0.4 is 0 Å². The van der Waals surface area contributed by atoms with E-state index < -0.39 is 6.10 Å². The van der Waals surface area contributed by atoms with E-state index in [0.717, 1.165) is 24.5 Å². The summed E-state index contributed by atoms with van der Waals surface area (Å²) in [4.78, 5) is 8.42. The van der Waals surface area contributed by atoms with Crippen molar-refractivity contribution < 1.29 is 5.11 Å². The van der Waals surface area contributed by atoms with E-state index in [1.807, 2.05) is 29.0 Å². The Labute approximate surface area is 101 Å². The van der Waals surface area contributed by atoms with Crippen molar-refractivity contribution in [1.82, 2.24) is 14.5 Å². The van der Waals surface area contributed by atoms with E-state index in [1.54, 1.807) is 12.4 Å². The first-order valence-electron chi connectivity index (χ1n) is 5.90. The van der Waals surface area contributed by atoms with Gasteiger partial charge in [0, 0.05) is 37.3 Å². The summed E-state index contributed by atoms with van der Waals surface area (Å²) in [5.74, 6) is 0.720. The number of aryl methyl sites for hydroxylation is 1. The maximum atomic E-state index is 10.1. The molecule has 0 aliphatic rings. The topological polar surface area (TPSA) is 50.9 Å². The van der Waals surface area contributed by atoms with E-state index in [1.165, 1.54) is 0 Å². The molecule has 17 heavy (non-hydrogen) atoms. The molecule has 0 bridgehead atoms. The SMILES string of the molecule is CCCn1ccnc1C(O)Cc1ccccn1. The lowest BCUT2D eigenvalue weighted by Gasteiger charge is -2.12. The molecule has 1 unspecified atom stereocenters. The first-order chi connectivity index (χ1) is 8.31. The predicted molar refractivity (Wildman–Crippen MR) is 65.4 cm³/mol. The maximum absolute atomic E-state index is 10.1. The highest BCUT2D eigenvalue weighted by molar-refractivity contribution is 5.08. The van der Waals surface area contributed by atoms with Crippen LogP contribution in [0.4, 0.5) is 0 Å². The van der Waals surface area contributed by atoms with E-state index in [0.29, 0.717) is 6.42 Å². The highest BCUT2D eigenvalue weighted by Crippen LogP contribution is 2.15. The molecule has 2 aromatic heterocycles. The molecule has 2 aromatic rings. The number of pyridine rings is 1. The molecule has 0 aliphatic heterocycles. The summed E-state index contributed by atoms with van der Waals surface area (Å²) >= 11 is 0. The van der Waals surface area contributed by atoms with E-state index in [4.69, 9.17) is 0 Å². The number of aliphatic hydroxyl groups excluding tert-OH is 1. The zero-order valence-corrected chi connectivity index (χ0v) is 9.95. The van der Waals surface area contributed by atoms with Crippen molar-refractivity contribution in [3.8, 4) is 0 Å². The monoisotopic (exact) mass is 231 g/mol. The Balaban J connectivity index is 2.09. The number of hydrogen-bond acceptors (Lipinski definition) is 3. The van der Waals surface area contributed by atoms with Crippen LogP contribution in [-0.4, -0.2) is 19.6 Å². The van der Waals surface area contributed by atoms with Crippen LogP contribution in [0.25, 0.3) is 0 Å². The van der Waals surface area contributed by atoms with Gasteiger partial charge in [-0.2, -0.15) is 0 Å². The Morgan fingerprint density at radius 1 is 1.29 bits per heavy atom. The fourth-order valence-electron chi connectivity index (χ4n) is 1.86. The van der Waals surface area contributed by atoms with Crippen LogP contribution in [-0.2, 0) is 13.0 Å². The second kappa shape index (κ2) is 5.59. The number of imidazole rings is 1. The lowest BCUT2D eigenvalue weighted by molar-refractivity contribution is 0.162. The largest absolute Gasteiger partial charge is 0.385 e. The summed E-state index contributed by atoms with van der Waals surface area (Å²) in [6, 6.07) is 5.71. The first-order valence-corrected chi connectivity index (χ1v) is 5.90. The summed E-state index contributed by atoms with van der Waals surface area (Å²) in [6.45, 7) is 2.99. The molecule has 0 saturated heterocycles. The van der Waals surface area contributed by atoms with Gasteiger partial charge in [0.15, 0.2) is 0 Å². The minimum absolute atomic E-state index is 0.502. The summed E-state index contributed by atoms with van der Waals surface area (Å²) in [7, 11) is 0. The molecule has 0 amide bonds. The molecule has 0 aliphatic carbocycles. The van der Waals surface area contributed by atoms with E-state index in [-0.39, 0.29) is 0 Å². The molecule has 1 atom stereocenters. The number of aliphatic hydroxyl groups is 1. The molecule has 0 radical (unpaired) electrons. The van der Waals surface area contributed by atoms with Crippen LogP contribution in [0.15, 0.2) is 36.8 Å². The Hall–Kier alpha value is -1.68. The third kappa shape index (κ3) is 2.91. The lowest BCUT2D eigenvalue weighted by atomic mass is 10.1. The second-order valence-electron chi connectivity index (χ2n) is 4.02. The van der Waals surface area contributed by atoms with Crippen LogP contribution in [0.5, 0.6) is 0 Å². The van der Waals surface area contributed by atoms with Crippen molar-refractivity contribution in [2.24, 2.45) is 0 Å². The zero-order chi connectivity index (χ0) is 12.1. The van der Waals surface area contributed by atoms with Crippen LogP contribution in [0.1, 0.15) is 31.0 Å². The Morgan fingerprint density at radius 3 is 2.88 bits per heavy atom. The molecule has 1 N–H and O–H groups in total. The minimum Gasteiger partial charge on any atom is -0.385 e. The van der Waals surface area contributed by atoms with Crippen molar-refractivity contribution >= 4 is 0 Å². The van der Waals surface area contributed by atoms with Gasteiger partial charge in [0.1, 0.15) is 11.9 Å². The quantitative estimate of drug-likeness (QED) is 0.855. The van der Waals surface area contributed by atoms with Gasteiger partial charge in [0.25, 0.3) is 0 Å². The number of nitrogens with zero attached hydrogens (tertiary/aromatic N) is 3. The molecular formula is C13H17N3O. The summed E-state index contributed by atoms with van der Waals surface area (Å²) in [5.41, 5.74) is 0.881. The number of aromatic nitrogens is 3. The van der Waals surface area contributed by atoms with E-state index in [9.17, 15) is 5.11 Å². The van der Waals surface area contributed by atoms with Crippen LogP contribution in [0.2, 0.25) is 0 Å². The number of rotatable bonds is 5.